The molecule has 106 valence electrons. The predicted octanol–water partition coefficient (Wildman–Crippen LogP) is 2.50. The molecule has 0 N–H and O–H groups in total. The van der Waals surface area contributed by atoms with Gasteiger partial charge in [0.15, 0.2) is 5.16 Å². The number of aromatic nitrogens is 2. The lowest BCUT2D eigenvalue weighted by molar-refractivity contribution is -0.130. The Kier molecular flexibility index (Phi) is 4.91. The average molecular weight is 281 g/mol. The lowest BCUT2D eigenvalue weighted by atomic mass is 9.92. The lowest BCUT2D eigenvalue weighted by Gasteiger charge is -2.35. The Bertz CT molecular complexity index is 422. The SMILES string of the molecule is CCn1ccnc1SCC(=O)N1CC(C)CC(C)C1. The normalized spacial score (nSPS) is 23.6. The molecular formula is C14H23N3OS. The van der Waals surface area contributed by atoms with E-state index in [1.54, 1.807) is 18.0 Å². The number of amides is 1. The van der Waals surface area contributed by atoms with Gasteiger partial charge in [0.25, 0.3) is 0 Å². The monoisotopic (exact) mass is 281 g/mol. The van der Waals surface area contributed by atoms with Gasteiger partial charge in [-0.05, 0) is 25.2 Å². The summed E-state index contributed by atoms with van der Waals surface area (Å²) >= 11 is 1.54. The van der Waals surface area contributed by atoms with Crippen LogP contribution in [0.1, 0.15) is 27.2 Å². The van der Waals surface area contributed by atoms with Crippen LogP contribution in [-0.2, 0) is 11.3 Å². The summed E-state index contributed by atoms with van der Waals surface area (Å²) in [5.74, 6) is 1.98. The molecule has 1 saturated heterocycles. The van der Waals surface area contributed by atoms with E-state index in [1.165, 1.54) is 6.42 Å². The van der Waals surface area contributed by atoms with Crippen LogP contribution in [0.2, 0.25) is 0 Å². The number of imidazole rings is 1. The molecule has 2 heterocycles. The largest absolute Gasteiger partial charge is 0.341 e. The van der Waals surface area contributed by atoms with Gasteiger partial charge < -0.3 is 9.47 Å². The maximum absolute atomic E-state index is 12.3. The van der Waals surface area contributed by atoms with Crippen LogP contribution in [0.5, 0.6) is 0 Å². The molecule has 1 fully saturated rings. The minimum atomic E-state index is 0.244. The van der Waals surface area contributed by atoms with Crippen molar-refractivity contribution in [2.24, 2.45) is 11.8 Å². The molecule has 4 nitrogen and oxygen atoms in total. The summed E-state index contributed by atoms with van der Waals surface area (Å²) in [5, 5.41) is 0.939. The van der Waals surface area contributed by atoms with Crippen LogP contribution in [0, 0.1) is 11.8 Å². The fourth-order valence-electron chi connectivity index (χ4n) is 2.76. The van der Waals surface area contributed by atoms with Gasteiger partial charge in [-0.1, -0.05) is 25.6 Å². The highest BCUT2D eigenvalue weighted by Gasteiger charge is 2.25. The van der Waals surface area contributed by atoms with Crippen molar-refractivity contribution in [3.63, 3.8) is 0 Å². The highest BCUT2D eigenvalue weighted by atomic mass is 32.2. The van der Waals surface area contributed by atoms with E-state index in [1.807, 2.05) is 11.1 Å². The van der Waals surface area contributed by atoms with E-state index in [9.17, 15) is 4.79 Å². The zero-order chi connectivity index (χ0) is 13.8. The molecule has 2 rings (SSSR count). The van der Waals surface area contributed by atoms with Crippen molar-refractivity contribution < 1.29 is 4.79 Å². The third-order valence-electron chi connectivity index (χ3n) is 3.56. The molecule has 19 heavy (non-hydrogen) atoms. The molecule has 0 spiro atoms. The molecule has 0 aliphatic carbocycles. The molecule has 0 bridgehead atoms. The maximum atomic E-state index is 12.3. The van der Waals surface area contributed by atoms with E-state index in [4.69, 9.17) is 0 Å². The fourth-order valence-corrected chi connectivity index (χ4v) is 3.69. The van der Waals surface area contributed by atoms with Crippen LogP contribution in [0.15, 0.2) is 17.6 Å². The fraction of sp³-hybridized carbons (Fsp3) is 0.714. The van der Waals surface area contributed by atoms with Gasteiger partial charge in [0.2, 0.25) is 5.91 Å². The number of carbonyl (C=O) groups excluding carboxylic acids is 1. The van der Waals surface area contributed by atoms with Crippen molar-refractivity contribution in [3.05, 3.63) is 12.4 Å². The molecule has 5 heteroatoms. The molecule has 0 saturated carbocycles. The van der Waals surface area contributed by atoms with E-state index in [2.05, 4.69) is 30.3 Å². The molecule has 2 unspecified atom stereocenters. The van der Waals surface area contributed by atoms with Crippen molar-refractivity contribution in [2.45, 2.75) is 38.9 Å². The van der Waals surface area contributed by atoms with Crippen molar-refractivity contribution in [1.82, 2.24) is 14.5 Å². The second kappa shape index (κ2) is 6.46. The van der Waals surface area contributed by atoms with Gasteiger partial charge in [-0.2, -0.15) is 0 Å². The molecule has 0 aromatic carbocycles. The number of nitrogens with zero attached hydrogens (tertiary/aromatic N) is 3. The number of rotatable bonds is 4. The predicted molar refractivity (Wildman–Crippen MR) is 78.2 cm³/mol. The number of hydrogen-bond donors (Lipinski definition) is 0. The first-order valence-corrected chi connectivity index (χ1v) is 8.00. The lowest BCUT2D eigenvalue weighted by Crippen LogP contribution is -2.43. The third kappa shape index (κ3) is 3.75. The maximum Gasteiger partial charge on any atom is 0.233 e. The summed E-state index contributed by atoms with van der Waals surface area (Å²) in [6, 6.07) is 0. The minimum Gasteiger partial charge on any atom is -0.341 e. The Hall–Kier alpha value is -0.970. The van der Waals surface area contributed by atoms with E-state index in [0.29, 0.717) is 17.6 Å². The van der Waals surface area contributed by atoms with Gasteiger partial charge >= 0.3 is 0 Å². The van der Waals surface area contributed by atoms with Gasteiger partial charge in [0.05, 0.1) is 5.75 Å². The summed E-state index contributed by atoms with van der Waals surface area (Å²) < 4.78 is 2.07. The van der Waals surface area contributed by atoms with E-state index < -0.39 is 0 Å². The molecular weight excluding hydrogens is 258 g/mol. The third-order valence-corrected chi connectivity index (χ3v) is 4.55. The van der Waals surface area contributed by atoms with Crippen LogP contribution in [0.3, 0.4) is 0 Å². The molecule has 1 aromatic heterocycles. The van der Waals surface area contributed by atoms with Gasteiger partial charge in [-0.3, -0.25) is 4.79 Å². The number of likely N-dealkylation sites (tertiary alicyclic amines) is 1. The van der Waals surface area contributed by atoms with E-state index in [-0.39, 0.29) is 5.91 Å². The number of hydrogen-bond acceptors (Lipinski definition) is 3. The second-order valence-corrected chi connectivity index (χ2v) is 6.47. The second-order valence-electron chi connectivity index (χ2n) is 5.53. The van der Waals surface area contributed by atoms with Crippen molar-refractivity contribution in [1.29, 1.82) is 0 Å². The van der Waals surface area contributed by atoms with Crippen molar-refractivity contribution in [2.75, 3.05) is 18.8 Å². The first-order chi connectivity index (χ1) is 9.10. The summed E-state index contributed by atoms with van der Waals surface area (Å²) in [5.41, 5.74) is 0. The molecule has 1 amide bonds. The van der Waals surface area contributed by atoms with Gasteiger partial charge in [-0.15, -0.1) is 0 Å². The Morgan fingerprint density at radius 2 is 2.11 bits per heavy atom. The number of thioether (sulfide) groups is 1. The zero-order valence-corrected chi connectivity index (χ0v) is 12.8. The Morgan fingerprint density at radius 1 is 1.42 bits per heavy atom. The zero-order valence-electron chi connectivity index (χ0n) is 12.0. The minimum absolute atomic E-state index is 0.244. The van der Waals surface area contributed by atoms with Crippen molar-refractivity contribution in [3.8, 4) is 0 Å². The molecule has 1 aliphatic rings. The quantitative estimate of drug-likeness (QED) is 0.796. The topological polar surface area (TPSA) is 38.1 Å². The standard InChI is InChI=1S/C14H23N3OS/c1-4-16-6-5-15-14(16)19-10-13(18)17-8-11(2)7-12(3)9-17/h5-6,11-12H,4,7-10H2,1-3H3. The first kappa shape index (κ1) is 14.4. The van der Waals surface area contributed by atoms with Crippen LogP contribution in [0.4, 0.5) is 0 Å². The summed E-state index contributed by atoms with van der Waals surface area (Å²) in [6.45, 7) is 9.26. The number of aryl methyl sites for hydroxylation is 1. The molecule has 2 atom stereocenters. The van der Waals surface area contributed by atoms with Crippen LogP contribution in [-0.4, -0.2) is 39.2 Å². The Labute approximate surface area is 119 Å². The van der Waals surface area contributed by atoms with Gasteiger partial charge in [-0.25, -0.2) is 4.98 Å². The molecule has 1 aromatic rings. The summed E-state index contributed by atoms with van der Waals surface area (Å²) in [6.07, 6.45) is 4.98. The number of carbonyl (C=O) groups is 1. The summed E-state index contributed by atoms with van der Waals surface area (Å²) in [4.78, 5) is 18.6. The van der Waals surface area contributed by atoms with Crippen LogP contribution < -0.4 is 0 Å². The van der Waals surface area contributed by atoms with E-state index >= 15 is 0 Å². The summed E-state index contributed by atoms with van der Waals surface area (Å²) in [7, 11) is 0. The Balaban J connectivity index is 1.87. The van der Waals surface area contributed by atoms with Crippen LogP contribution >= 0.6 is 11.8 Å². The smallest absolute Gasteiger partial charge is 0.233 e. The highest BCUT2D eigenvalue weighted by Crippen LogP contribution is 2.23. The van der Waals surface area contributed by atoms with Gasteiger partial charge in [0, 0.05) is 32.0 Å². The Morgan fingerprint density at radius 3 is 2.74 bits per heavy atom. The highest BCUT2D eigenvalue weighted by molar-refractivity contribution is 7.99. The van der Waals surface area contributed by atoms with E-state index in [0.717, 1.165) is 24.8 Å². The van der Waals surface area contributed by atoms with Crippen LogP contribution in [0.25, 0.3) is 0 Å². The van der Waals surface area contributed by atoms with Gasteiger partial charge in [0.1, 0.15) is 0 Å². The average Bonchev–Trinajstić information content (AvgIpc) is 2.82. The number of piperidine rings is 1. The van der Waals surface area contributed by atoms with Crippen molar-refractivity contribution >= 4 is 17.7 Å². The first-order valence-electron chi connectivity index (χ1n) is 7.01. The molecule has 1 aliphatic heterocycles. The molecule has 0 radical (unpaired) electrons.